The lowest BCUT2D eigenvalue weighted by Gasteiger charge is -2.26. The summed E-state index contributed by atoms with van der Waals surface area (Å²) >= 11 is 1.11. The highest BCUT2D eigenvalue weighted by Gasteiger charge is 2.26. The zero-order valence-electron chi connectivity index (χ0n) is 14.2. The molecule has 6 nitrogen and oxygen atoms in total. The van der Waals surface area contributed by atoms with Crippen LogP contribution in [0, 0.1) is 12.3 Å². The normalized spacial score (nSPS) is 12.4. The van der Waals surface area contributed by atoms with Crippen LogP contribution in [0.4, 0.5) is 9.59 Å². The molecule has 0 radical (unpaired) electrons. The second kappa shape index (κ2) is 8.08. The molecule has 0 aliphatic heterocycles. The molecule has 0 spiro atoms. The third kappa shape index (κ3) is 8.57. The second-order valence-electron chi connectivity index (χ2n) is 6.35. The summed E-state index contributed by atoms with van der Waals surface area (Å²) in [6, 6.07) is 0. The number of hydrogen-bond acceptors (Lipinski definition) is 5. The van der Waals surface area contributed by atoms with E-state index in [9.17, 15) is 9.59 Å². The van der Waals surface area contributed by atoms with E-state index in [1.807, 2.05) is 0 Å². The lowest BCUT2D eigenvalue weighted by Crippen LogP contribution is -2.40. The van der Waals surface area contributed by atoms with Gasteiger partial charge in [-0.3, -0.25) is 0 Å². The molecule has 0 aromatic carbocycles. The van der Waals surface area contributed by atoms with Crippen LogP contribution in [0.15, 0.2) is 4.99 Å². The van der Waals surface area contributed by atoms with E-state index in [1.165, 1.54) is 0 Å². The molecular weight excluding hydrogens is 304 g/mol. The van der Waals surface area contributed by atoms with Gasteiger partial charge in [-0.25, -0.2) is 14.5 Å². The molecule has 0 heterocycles. The first kappa shape index (κ1) is 20.3. The Morgan fingerprint density at radius 3 is 2.00 bits per heavy atom. The minimum atomic E-state index is -0.789. The van der Waals surface area contributed by atoms with E-state index in [4.69, 9.17) is 15.9 Å². The Hall–Kier alpha value is -1.68. The first-order valence-electron chi connectivity index (χ1n) is 6.69. The molecule has 0 atom stereocenters. The SMILES string of the molecule is C#CCN(C(=O)OC(C)(C)C)/C(=N\C(=O)OC(C)(C)C)SC. The third-order valence-corrected chi connectivity index (χ3v) is 2.53. The van der Waals surface area contributed by atoms with Crippen LogP contribution in [0.1, 0.15) is 41.5 Å². The van der Waals surface area contributed by atoms with Crippen molar-refractivity contribution in [2.75, 3.05) is 12.8 Å². The Bertz CT molecular complexity index is 481. The van der Waals surface area contributed by atoms with Gasteiger partial charge in [0.05, 0.1) is 6.54 Å². The van der Waals surface area contributed by atoms with E-state index in [0.717, 1.165) is 16.7 Å². The maximum atomic E-state index is 12.2. The van der Waals surface area contributed by atoms with E-state index >= 15 is 0 Å². The maximum Gasteiger partial charge on any atom is 0.436 e. The molecule has 2 amide bonds. The van der Waals surface area contributed by atoms with Crippen molar-refractivity contribution < 1.29 is 19.1 Å². The van der Waals surface area contributed by atoms with Crippen molar-refractivity contribution in [3.05, 3.63) is 0 Å². The fraction of sp³-hybridized carbons (Fsp3) is 0.667. The number of aliphatic imine (C=N–C) groups is 1. The van der Waals surface area contributed by atoms with Crippen LogP contribution in [-0.4, -0.2) is 46.3 Å². The van der Waals surface area contributed by atoms with Gasteiger partial charge in [-0.05, 0) is 47.8 Å². The average Bonchev–Trinajstić information content (AvgIpc) is 2.28. The molecule has 0 aliphatic carbocycles. The fourth-order valence-electron chi connectivity index (χ4n) is 1.20. The van der Waals surface area contributed by atoms with E-state index < -0.39 is 23.4 Å². The molecule has 0 aliphatic rings. The van der Waals surface area contributed by atoms with Crippen LogP contribution >= 0.6 is 11.8 Å². The van der Waals surface area contributed by atoms with E-state index in [0.29, 0.717) is 0 Å². The van der Waals surface area contributed by atoms with E-state index in [1.54, 1.807) is 47.8 Å². The Kier molecular flexibility index (Phi) is 7.47. The minimum Gasteiger partial charge on any atom is -0.443 e. The van der Waals surface area contributed by atoms with Crippen LogP contribution in [0.2, 0.25) is 0 Å². The highest BCUT2D eigenvalue weighted by atomic mass is 32.2. The summed E-state index contributed by atoms with van der Waals surface area (Å²) in [4.78, 5) is 28.9. The van der Waals surface area contributed by atoms with E-state index in [-0.39, 0.29) is 11.7 Å². The summed E-state index contributed by atoms with van der Waals surface area (Å²) < 4.78 is 10.4. The summed E-state index contributed by atoms with van der Waals surface area (Å²) in [5.41, 5.74) is -1.35. The summed E-state index contributed by atoms with van der Waals surface area (Å²) in [6.07, 6.45) is 5.50. The molecular formula is C15H24N2O4S. The van der Waals surface area contributed by atoms with Crippen molar-refractivity contribution in [2.24, 2.45) is 4.99 Å². The standard InChI is InChI=1S/C15H24N2O4S/c1-9-10-17(13(19)21-15(5,6)7)11(22-8)16-12(18)20-14(2,3)4/h1H,10H2,2-8H3/b16-11+. The number of terminal acetylenes is 1. The van der Waals surface area contributed by atoms with Gasteiger partial charge in [-0.2, -0.15) is 4.99 Å². The minimum absolute atomic E-state index is 0.0582. The van der Waals surface area contributed by atoms with Gasteiger partial charge >= 0.3 is 12.2 Å². The highest BCUT2D eigenvalue weighted by molar-refractivity contribution is 8.13. The maximum absolute atomic E-state index is 12.2. The van der Waals surface area contributed by atoms with E-state index in [2.05, 4.69) is 10.9 Å². The van der Waals surface area contributed by atoms with Crippen LogP contribution in [-0.2, 0) is 9.47 Å². The lowest BCUT2D eigenvalue weighted by molar-refractivity contribution is 0.0390. The molecule has 0 aromatic heterocycles. The number of nitrogens with zero attached hydrogens (tertiary/aromatic N) is 2. The predicted octanol–water partition coefficient (Wildman–Crippen LogP) is 3.51. The zero-order valence-corrected chi connectivity index (χ0v) is 15.0. The summed E-state index contributed by atoms with van der Waals surface area (Å²) in [5, 5.41) is 0.126. The third-order valence-electron chi connectivity index (χ3n) is 1.86. The number of amides is 2. The van der Waals surface area contributed by atoms with Gasteiger partial charge in [0.1, 0.15) is 11.2 Å². The van der Waals surface area contributed by atoms with Gasteiger partial charge in [0.25, 0.3) is 0 Å². The van der Waals surface area contributed by atoms with Gasteiger partial charge in [0.2, 0.25) is 0 Å². The number of carbonyl (C=O) groups is 2. The van der Waals surface area contributed by atoms with Crippen molar-refractivity contribution in [3.8, 4) is 12.3 Å². The van der Waals surface area contributed by atoms with Gasteiger partial charge in [-0.1, -0.05) is 17.7 Å². The zero-order chi connectivity index (χ0) is 17.6. The molecule has 0 saturated carbocycles. The number of thioether (sulfide) groups is 1. The average molecular weight is 328 g/mol. The van der Waals surface area contributed by atoms with Crippen molar-refractivity contribution in [1.82, 2.24) is 4.90 Å². The molecule has 124 valence electrons. The summed E-state index contributed by atoms with van der Waals surface area (Å²) in [6.45, 7) is 10.3. The molecule has 0 unspecified atom stereocenters. The van der Waals surface area contributed by atoms with Gasteiger partial charge in [0.15, 0.2) is 5.17 Å². The van der Waals surface area contributed by atoms with Crippen molar-refractivity contribution >= 4 is 29.1 Å². The highest BCUT2D eigenvalue weighted by Crippen LogP contribution is 2.15. The number of rotatable bonds is 1. The van der Waals surface area contributed by atoms with Crippen molar-refractivity contribution in [1.29, 1.82) is 0 Å². The molecule has 0 bridgehead atoms. The smallest absolute Gasteiger partial charge is 0.436 e. The van der Waals surface area contributed by atoms with Crippen molar-refractivity contribution in [2.45, 2.75) is 52.7 Å². The quantitative estimate of drug-likeness (QED) is 0.418. The Balaban J connectivity index is 5.30. The second-order valence-corrected chi connectivity index (χ2v) is 7.12. The first-order chi connectivity index (χ1) is 9.89. The fourth-order valence-corrected chi connectivity index (χ4v) is 1.72. The van der Waals surface area contributed by atoms with Gasteiger partial charge < -0.3 is 9.47 Å². The number of ether oxygens (including phenoxy) is 2. The number of carbonyl (C=O) groups excluding carboxylic acids is 2. The summed E-state index contributed by atoms with van der Waals surface area (Å²) in [5.74, 6) is 2.35. The lowest BCUT2D eigenvalue weighted by atomic mass is 10.2. The van der Waals surface area contributed by atoms with Crippen LogP contribution in [0.5, 0.6) is 0 Å². The van der Waals surface area contributed by atoms with Crippen LogP contribution in [0.3, 0.4) is 0 Å². The Morgan fingerprint density at radius 2 is 1.64 bits per heavy atom. The monoisotopic (exact) mass is 328 g/mol. The molecule has 0 aromatic rings. The number of hydrogen-bond donors (Lipinski definition) is 0. The molecule has 7 heteroatoms. The van der Waals surface area contributed by atoms with Gasteiger partial charge in [-0.15, -0.1) is 6.42 Å². The molecule has 0 saturated heterocycles. The predicted molar refractivity (Wildman–Crippen MR) is 89.0 cm³/mol. The Morgan fingerprint density at radius 1 is 1.14 bits per heavy atom. The summed E-state index contributed by atoms with van der Waals surface area (Å²) in [7, 11) is 0. The Labute approximate surface area is 136 Å². The topological polar surface area (TPSA) is 68.2 Å². The number of amidine groups is 1. The first-order valence-corrected chi connectivity index (χ1v) is 7.91. The molecule has 0 N–H and O–H groups in total. The molecule has 0 fully saturated rings. The van der Waals surface area contributed by atoms with Crippen molar-refractivity contribution in [3.63, 3.8) is 0 Å². The van der Waals surface area contributed by atoms with Crippen LogP contribution in [0.25, 0.3) is 0 Å². The largest absolute Gasteiger partial charge is 0.443 e. The van der Waals surface area contributed by atoms with Gasteiger partial charge in [0, 0.05) is 0 Å². The molecule has 22 heavy (non-hydrogen) atoms. The van der Waals surface area contributed by atoms with Crippen LogP contribution < -0.4 is 0 Å². The molecule has 0 rings (SSSR count).